The van der Waals surface area contributed by atoms with Crippen LogP contribution in [0.25, 0.3) is 10.8 Å². The number of anilines is 1. The van der Waals surface area contributed by atoms with Crippen LogP contribution in [0.3, 0.4) is 0 Å². The maximum Gasteiger partial charge on any atom is 0.279 e. The quantitative estimate of drug-likeness (QED) is 0.490. The Hall–Kier alpha value is -1.62. The van der Waals surface area contributed by atoms with Crippen molar-refractivity contribution in [2.24, 2.45) is 0 Å². The first-order chi connectivity index (χ1) is 7.11. The number of rotatable bonds is 1. The number of hydrogen-bond acceptors (Lipinski definition) is 3. The Morgan fingerprint density at radius 3 is 2.67 bits per heavy atom. The van der Waals surface area contributed by atoms with E-state index in [-0.39, 0.29) is 5.69 Å². The monoisotopic (exact) mass is 266 g/mol. The SMILES string of the molecule is Nc1ccc(Br)c2cccc([N+](=O)[O-])c12. The zero-order chi connectivity index (χ0) is 11.0. The molecule has 0 amide bonds. The second-order valence-electron chi connectivity index (χ2n) is 3.09. The molecule has 0 bridgehead atoms. The molecule has 2 rings (SSSR count). The number of benzene rings is 2. The van der Waals surface area contributed by atoms with Gasteiger partial charge in [0.15, 0.2) is 0 Å². The second kappa shape index (κ2) is 3.51. The number of hydrogen-bond donors (Lipinski definition) is 1. The number of nitrogens with two attached hydrogens (primary N) is 1. The number of nitro groups is 1. The number of nitro benzene ring substituents is 1. The van der Waals surface area contributed by atoms with E-state index in [1.807, 2.05) is 0 Å². The largest absolute Gasteiger partial charge is 0.398 e. The van der Waals surface area contributed by atoms with Crippen molar-refractivity contribution in [1.82, 2.24) is 0 Å². The molecule has 0 spiro atoms. The van der Waals surface area contributed by atoms with E-state index >= 15 is 0 Å². The average molecular weight is 267 g/mol. The predicted molar refractivity (Wildman–Crippen MR) is 62.7 cm³/mol. The summed E-state index contributed by atoms with van der Waals surface area (Å²) in [6, 6.07) is 8.32. The molecule has 5 heteroatoms. The highest BCUT2D eigenvalue weighted by Crippen LogP contribution is 2.34. The molecule has 2 aromatic carbocycles. The summed E-state index contributed by atoms with van der Waals surface area (Å²) in [4.78, 5) is 10.4. The lowest BCUT2D eigenvalue weighted by atomic mass is 10.1. The van der Waals surface area contributed by atoms with Crippen molar-refractivity contribution in [3.05, 3.63) is 44.9 Å². The van der Waals surface area contributed by atoms with Crippen molar-refractivity contribution < 1.29 is 4.92 Å². The first-order valence-corrected chi connectivity index (χ1v) is 5.01. The van der Waals surface area contributed by atoms with Gasteiger partial charge in [-0.1, -0.05) is 28.1 Å². The van der Waals surface area contributed by atoms with Crippen LogP contribution in [0.1, 0.15) is 0 Å². The molecule has 2 aromatic rings. The van der Waals surface area contributed by atoms with Crippen molar-refractivity contribution in [1.29, 1.82) is 0 Å². The minimum atomic E-state index is -0.425. The van der Waals surface area contributed by atoms with E-state index in [4.69, 9.17) is 5.73 Å². The molecule has 0 aliphatic carbocycles. The number of halogens is 1. The molecule has 15 heavy (non-hydrogen) atoms. The molecule has 0 heterocycles. The van der Waals surface area contributed by atoms with Crippen LogP contribution >= 0.6 is 15.9 Å². The van der Waals surface area contributed by atoms with Crippen molar-refractivity contribution in [2.75, 3.05) is 5.73 Å². The molecule has 0 saturated carbocycles. The fourth-order valence-corrected chi connectivity index (χ4v) is 1.99. The number of fused-ring (bicyclic) bond motifs is 1. The average Bonchev–Trinajstić information content (AvgIpc) is 2.23. The summed E-state index contributed by atoms with van der Waals surface area (Å²) >= 11 is 3.34. The van der Waals surface area contributed by atoms with Gasteiger partial charge in [0.2, 0.25) is 0 Å². The lowest BCUT2D eigenvalue weighted by Gasteiger charge is -2.04. The molecule has 4 nitrogen and oxygen atoms in total. The van der Waals surface area contributed by atoms with Crippen LogP contribution in [0.2, 0.25) is 0 Å². The van der Waals surface area contributed by atoms with Gasteiger partial charge in [-0.25, -0.2) is 0 Å². The van der Waals surface area contributed by atoms with Crippen LogP contribution in [0.4, 0.5) is 11.4 Å². The van der Waals surface area contributed by atoms with Crippen molar-refractivity contribution in [2.45, 2.75) is 0 Å². The fourth-order valence-electron chi connectivity index (χ4n) is 1.53. The van der Waals surface area contributed by atoms with Gasteiger partial charge in [-0.05, 0) is 12.1 Å². The summed E-state index contributed by atoms with van der Waals surface area (Å²) in [5.74, 6) is 0. The maximum absolute atomic E-state index is 10.8. The summed E-state index contributed by atoms with van der Waals surface area (Å²) in [7, 11) is 0. The highest BCUT2D eigenvalue weighted by molar-refractivity contribution is 9.10. The van der Waals surface area contributed by atoms with Crippen LogP contribution in [0.15, 0.2) is 34.8 Å². The lowest BCUT2D eigenvalue weighted by Crippen LogP contribution is -1.94. The van der Waals surface area contributed by atoms with Crippen LogP contribution in [-0.2, 0) is 0 Å². The second-order valence-corrected chi connectivity index (χ2v) is 3.95. The lowest BCUT2D eigenvalue weighted by molar-refractivity contribution is -0.383. The highest BCUT2D eigenvalue weighted by atomic mass is 79.9. The summed E-state index contributed by atoms with van der Waals surface area (Å²) in [6.45, 7) is 0. The maximum atomic E-state index is 10.8. The van der Waals surface area contributed by atoms with E-state index in [1.54, 1.807) is 24.3 Å². The molecule has 0 unspecified atom stereocenters. The van der Waals surface area contributed by atoms with Crippen molar-refractivity contribution in [3.63, 3.8) is 0 Å². The molecular formula is C10H7BrN2O2. The predicted octanol–water partition coefficient (Wildman–Crippen LogP) is 3.09. The van der Waals surface area contributed by atoms with Crippen molar-refractivity contribution in [3.8, 4) is 0 Å². The van der Waals surface area contributed by atoms with E-state index in [2.05, 4.69) is 15.9 Å². The van der Waals surface area contributed by atoms with E-state index < -0.39 is 4.92 Å². The molecule has 0 fully saturated rings. The van der Waals surface area contributed by atoms with Crippen LogP contribution in [0.5, 0.6) is 0 Å². The number of non-ortho nitro benzene ring substituents is 1. The Bertz CT molecular complexity index is 554. The van der Waals surface area contributed by atoms with Gasteiger partial charge in [0, 0.05) is 21.6 Å². The van der Waals surface area contributed by atoms with Gasteiger partial charge in [0.25, 0.3) is 5.69 Å². The summed E-state index contributed by atoms with van der Waals surface area (Å²) in [5.41, 5.74) is 6.19. The number of nitrogens with zero attached hydrogens (tertiary/aromatic N) is 1. The van der Waals surface area contributed by atoms with Crippen LogP contribution in [-0.4, -0.2) is 4.92 Å². The third-order valence-corrected chi connectivity index (χ3v) is 2.89. The summed E-state index contributed by atoms with van der Waals surface area (Å²) < 4.78 is 0.801. The first kappa shape index (κ1) is 9.92. The zero-order valence-electron chi connectivity index (χ0n) is 7.61. The molecule has 0 aliphatic rings. The highest BCUT2D eigenvalue weighted by Gasteiger charge is 2.14. The molecule has 0 radical (unpaired) electrons. The van der Waals surface area contributed by atoms with E-state index in [1.165, 1.54) is 6.07 Å². The van der Waals surface area contributed by atoms with Gasteiger partial charge in [0.1, 0.15) is 0 Å². The Kier molecular flexibility index (Phi) is 2.32. The molecule has 76 valence electrons. The minimum absolute atomic E-state index is 0.0336. The van der Waals surface area contributed by atoms with Crippen LogP contribution < -0.4 is 5.73 Å². The Morgan fingerprint density at radius 1 is 1.27 bits per heavy atom. The molecule has 0 aliphatic heterocycles. The molecule has 2 N–H and O–H groups in total. The third kappa shape index (κ3) is 1.55. The van der Waals surface area contributed by atoms with E-state index in [9.17, 15) is 10.1 Å². The Balaban J connectivity index is 2.96. The number of nitrogen functional groups attached to an aromatic ring is 1. The van der Waals surface area contributed by atoms with E-state index in [0.29, 0.717) is 11.1 Å². The molecular weight excluding hydrogens is 260 g/mol. The summed E-state index contributed by atoms with van der Waals surface area (Å²) in [6.07, 6.45) is 0. The Labute approximate surface area is 94.0 Å². The fraction of sp³-hybridized carbons (Fsp3) is 0. The standard InChI is InChI=1S/C10H7BrN2O2/c11-7-4-5-8(12)10-6(7)2-1-3-9(10)13(14)15/h1-5H,12H2. The first-order valence-electron chi connectivity index (χ1n) is 4.22. The van der Waals surface area contributed by atoms with Gasteiger partial charge < -0.3 is 5.73 Å². The van der Waals surface area contributed by atoms with Gasteiger partial charge >= 0.3 is 0 Å². The smallest absolute Gasteiger partial charge is 0.279 e. The topological polar surface area (TPSA) is 69.2 Å². The van der Waals surface area contributed by atoms with Crippen molar-refractivity contribution >= 4 is 38.1 Å². The zero-order valence-corrected chi connectivity index (χ0v) is 9.19. The van der Waals surface area contributed by atoms with E-state index in [0.717, 1.165) is 9.86 Å². The van der Waals surface area contributed by atoms with Gasteiger partial charge in [-0.3, -0.25) is 10.1 Å². The van der Waals surface area contributed by atoms with Crippen LogP contribution in [0, 0.1) is 10.1 Å². The minimum Gasteiger partial charge on any atom is -0.398 e. The third-order valence-electron chi connectivity index (χ3n) is 2.19. The van der Waals surface area contributed by atoms with Gasteiger partial charge in [-0.15, -0.1) is 0 Å². The summed E-state index contributed by atoms with van der Waals surface area (Å²) in [5, 5.41) is 12.1. The van der Waals surface area contributed by atoms with Gasteiger partial charge in [-0.2, -0.15) is 0 Å². The van der Waals surface area contributed by atoms with Gasteiger partial charge in [0.05, 0.1) is 10.3 Å². The molecule has 0 atom stereocenters. The molecule has 0 aromatic heterocycles. The normalized spacial score (nSPS) is 10.5. The Morgan fingerprint density at radius 2 is 2.00 bits per heavy atom. The molecule has 0 saturated heterocycles.